The highest BCUT2D eigenvalue weighted by Gasteiger charge is 2.20. The van der Waals surface area contributed by atoms with Crippen molar-refractivity contribution in [2.75, 3.05) is 7.05 Å². The molecule has 0 aliphatic rings. The van der Waals surface area contributed by atoms with Crippen LogP contribution >= 0.6 is 0 Å². The molecule has 0 fully saturated rings. The number of rotatable bonds is 4. The molecule has 1 aromatic carbocycles. The summed E-state index contributed by atoms with van der Waals surface area (Å²) >= 11 is 0. The predicted molar refractivity (Wildman–Crippen MR) is 72.0 cm³/mol. The zero-order valence-electron chi connectivity index (χ0n) is 11.5. The monoisotopic (exact) mass is 219 g/mol. The van der Waals surface area contributed by atoms with Crippen molar-refractivity contribution >= 4 is 0 Å². The van der Waals surface area contributed by atoms with Gasteiger partial charge in [-0.15, -0.1) is 0 Å². The fourth-order valence-electron chi connectivity index (χ4n) is 2.64. The van der Waals surface area contributed by atoms with Crippen LogP contribution in [0.1, 0.15) is 43.4 Å². The molecular weight excluding hydrogens is 194 g/mol. The molecule has 0 heterocycles. The van der Waals surface area contributed by atoms with E-state index in [0.29, 0.717) is 17.9 Å². The second kappa shape index (κ2) is 5.49. The molecule has 1 aromatic rings. The van der Waals surface area contributed by atoms with Crippen LogP contribution in [-0.2, 0) is 0 Å². The minimum absolute atomic E-state index is 0.543. The smallest absolute Gasteiger partial charge is 0.0153 e. The van der Waals surface area contributed by atoms with Crippen molar-refractivity contribution in [2.24, 2.45) is 5.92 Å². The van der Waals surface area contributed by atoms with Crippen molar-refractivity contribution in [3.8, 4) is 0 Å². The van der Waals surface area contributed by atoms with E-state index >= 15 is 0 Å². The maximum absolute atomic E-state index is 3.44. The summed E-state index contributed by atoms with van der Waals surface area (Å²) < 4.78 is 0. The summed E-state index contributed by atoms with van der Waals surface area (Å²) in [6.45, 7) is 11.2. The first kappa shape index (κ1) is 13.2. The fourth-order valence-corrected chi connectivity index (χ4v) is 2.64. The zero-order chi connectivity index (χ0) is 12.3. The van der Waals surface area contributed by atoms with Crippen LogP contribution in [-0.4, -0.2) is 13.1 Å². The maximum atomic E-state index is 3.44. The molecule has 1 N–H and O–H groups in total. The normalized spacial score (nSPS) is 15.2. The van der Waals surface area contributed by atoms with Crippen LogP contribution in [0, 0.1) is 19.8 Å². The van der Waals surface area contributed by atoms with Crippen LogP contribution in [0.3, 0.4) is 0 Å². The van der Waals surface area contributed by atoms with E-state index in [2.05, 4.69) is 65.2 Å². The van der Waals surface area contributed by atoms with Crippen LogP contribution in [0.15, 0.2) is 18.2 Å². The molecule has 90 valence electrons. The van der Waals surface area contributed by atoms with Crippen molar-refractivity contribution in [3.63, 3.8) is 0 Å². The number of likely N-dealkylation sites (N-methyl/N-ethyl adjacent to an activating group) is 1. The third-order valence-electron chi connectivity index (χ3n) is 3.36. The van der Waals surface area contributed by atoms with Crippen LogP contribution in [0.5, 0.6) is 0 Å². The number of nitrogens with one attached hydrogen (secondary N) is 1. The Morgan fingerprint density at radius 2 is 1.44 bits per heavy atom. The largest absolute Gasteiger partial charge is 0.316 e. The molecule has 2 unspecified atom stereocenters. The molecule has 2 atom stereocenters. The molecule has 0 saturated carbocycles. The van der Waals surface area contributed by atoms with E-state index in [4.69, 9.17) is 0 Å². The lowest BCUT2D eigenvalue weighted by Gasteiger charge is -2.28. The Bertz CT molecular complexity index is 321. The SMILES string of the molecule is CNC(C(C)C)C(C)c1cc(C)cc(C)c1. The van der Waals surface area contributed by atoms with Gasteiger partial charge in [-0.05, 0) is 38.3 Å². The molecule has 0 aliphatic carbocycles. The molecule has 16 heavy (non-hydrogen) atoms. The van der Waals surface area contributed by atoms with Gasteiger partial charge in [0.1, 0.15) is 0 Å². The highest BCUT2D eigenvalue weighted by atomic mass is 14.9. The van der Waals surface area contributed by atoms with Crippen LogP contribution in [0.25, 0.3) is 0 Å². The van der Waals surface area contributed by atoms with Gasteiger partial charge in [0.15, 0.2) is 0 Å². The van der Waals surface area contributed by atoms with Gasteiger partial charge in [0, 0.05) is 6.04 Å². The first-order chi connectivity index (χ1) is 7.45. The average molecular weight is 219 g/mol. The maximum Gasteiger partial charge on any atom is 0.0153 e. The molecular formula is C15H25N. The second-order valence-corrected chi connectivity index (χ2v) is 5.27. The molecule has 0 saturated heterocycles. The standard InChI is InChI=1S/C15H25N/c1-10(2)15(16-6)13(5)14-8-11(3)7-12(4)9-14/h7-10,13,15-16H,1-6H3. The second-order valence-electron chi connectivity index (χ2n) is 5.27. The van der Waals surface area contributed by atoms with Crippen LogP contribution in [0.2, 0.25) is 0 Å². The molecule has 1 rings (SSSR count). The molecule has 0 spiro atoms. The van der Waals surface area contributed by atoms with E-state index in [9.17, 15) is 0 Å². The van der Waals surface area contributed by atoms with Crippen molar-refractivity contribution in [1.82, 2.24) is 5.32 Å². The molecule has 0 aromatic heterocycles. The van der Waals surface area contributed by atoms with Crippen LogP contribution < -0.4 is 5.32 Å². The van der Waals surface area contributed by atoms with Gasteiger partial charge in [0.25, 0.3) is 0 Å². The van der Waals surface area contributed by atoms with E-state index in [1.807, 2.05) is 0 Å². The van der Waals surface area contributed by atoms with Crippen molar-refractivity contribution < 1.29 is 0 Å². The molecule has 0 bridgehead atoms. The summed E-state index contributed by atoms with van der Waals surface area (Å²) in [5, 5.41) is 3.44. The highest BCUT2D eigenvalue weighted by Crippen LogP contribution is 2.25. The van der Waals surface area contributed by atoms with Crippen molar-refractivity contribution in [3.05, 3.63) is 34.9 Å². The highest BCUT2D eigenvalue weighted by molar-refractivity contribution is 5.31. The van der Waals surface area contributed by atoms with Gasteiger partial charge < -0.3 is 5.32 Å². The summed E-state index contributed by atoms with van der Waals surface area (Å²) in [7, 11) is 2.06. The minimum Gasteiger partial charge on any atom is -0.316 e. The van der Waals surface area contributed by atoms with E-state index in [0.717, 1.165) is 0 Å². The van der Waals surface area contributed by atoms with Crippen molar-refractivity contribution in [2.45, 2.75) is 46.6 Å². The quantitative estimate of drug-likeness (QED) is 0.815. The first-order valence-electron chi connectivity index (χ1n) is 6.21. The van der Waals surface area contributed by atoms with Gasteiger partial charge in [-0.25, -0.2) is 0 Å². The minimum atomic E-state index is 0.543. The number of benzene rings is 1. The van der Waals surface area contributed by atoms with E-state index in [1.54, 1.807) is 0 Å². The summed E-state index contributed by atoms with van der Waals surface area (Å²) in [5.41, 5.74) is 4.17. The molecule has 1 nitrogen and oxygen atoms in total. The fraction of sp³-hybridized carbons (Fsp3) is 0.600. The van der Waals surface area contributed by atoms with E-state index < -0.39 is 0 Å². The first-order valence-corrected chi connectivity index (χ1v) is 6.21. The predicted octanol–water partition coefficient (Wildman–Crippen LogP) is 3.65. The molecule has 0 aliphatic heterocycles. The number of hydrogen-bond acceptors (Lipinski definition) is 1. The summed E-state index contributed by atoms with van der Waals surface area (Å²) in [6, 6.07) is 7.40. The van der Waals surface area contributed by atoms with Gasteiger partial charge in [-0.3, -0.25) is 0 Å². The Hall–Kier alpha value is -0.820. The van der Waals surface area contributed by atoms with E-state index in [1.165, 1.54) is 16.7 Å². The molecule has 0 amide bonds. The Balaban J connectivity index is 2.98. The lowest BCUT2D eigenvalue weighted by molar-refractivity contribution is 0.376. The van der Waals surface area contributed by atoms with Crippen molar-refractivity contribution in [1.29, 1.82) is 0 Å². The van der Waals surface area contributed by atoms with Gasteiger partial charge >= 0.3 is 0 Å². The third kappa shape index (κ3) is 3.08. The topological polar surface area (TPSA) is 12.0 Å². The van der Waals surface area contributed by atoms with Gasteiger partial charge in [0.2, 0.25) is 0 Å². The van der Waals surface area contributed by atoms with Gasteiger partial charge in [-0.2, -0.15) is 0 Å². The molecule has 1 heteroatoms. The third-order valence-corrected chi connectivity index (χ3v) is 3.36. The van der Waals surface area contributed by atoms with Gasteiger partial charge in [0.05, 0.1) is 0 Å². The summed E-state index contributed by atoms with van der Waals surface area (Å²) in [5.74, 6) is 1.21. The summed E-state index contributed by atoms with van der Waals surface area (Å²) in [6.07, 6.45) is 0. The van der Waals surface area contributed by atoms with Gasteiger partial charge in [-0.1, -0.05) is 50.1 Å². The average Bonchev–Trinajstić information content (AvgIpc) is 2.16. The Labute approximate surface area is 100 Å². The van der Waals surface area contributed by atoms with Crippen LogP contribution in [0.4, 0.5) is 0 Å². The number of hydrogen-bond donors (Lipinski definition) is 1. The lowest BCUT2D eigenvalue weighted by atomic mass is 9.85. The summed E-state index contributed by atoms with van der Waals surface area (Å²) in [4.78, 5) is 0. The Morgan fingerprint density at radius 1 is 0.938 bits per heavy atom. The molecule has 0 radical (unpaired) electrons. The lowest BCUT2D eigenvalue weighted by Crippen LogP contribution is -2.35. The Kier molecular flexibility index (Phi) is 4.55. The zero-order valence-corrected chi connectivity index (χ0v) is 11.5. The number of aryl methyl sites for hydroxylation is 2. The van der Waals surface area contributed by atoms with E-state index in [-0.39, 0.29) is 0 Å². The Morgan fingerprint density at radius 3 is 1.81 bits per heavy atom.